The molecule has 168 valence electrons. The van der Waals surface area contributed by atoms with Crippen LogP contribution in [-0.2, 0) is 4.79 Å². The summed E-state index contributed by atoms with van der Waals surface area (Å²) in [5.74, 6) is -0.493. The molecule has 1 heterocycles. The first-order valence-corrected chi connectivity index (χ1v) is 12.2. The van der Waals surface area contributed by atoms with Gasteiger partial charge in [-0.05, 0) is 48.8 Å². The van der Waals surface area contributed by atoms with Gasteiger partial charge >= 0.3 is 0 Å². The fourth-order valence-corrected chi connectivity index (χ4v) is 4.28. The number of halogens is 2. The van der Waals surface area contributed by atoms with Gasteiger partial charge in [0.15, 0.2) is 16.7 Å². The summed E-state index contributed by atoms with van der Waals surface area (Å²) in [7, 11) is 1.40. The Morgan fingerprint density at radius 3 is 2.75 bits per heavy atom. The summed E-state index contributed by atoms with van der Waals surface area (Å²) in [5.41, 5.74) is 1.38. The third-order valence-corrected chi connectivity index (χ3v) is 6.26. The normalized spacial score (nSPS) is 11.6. The monoisotopic (exact) mass is 493 g/mol. The van der Waals surface area contributed by atoms with Crippen molar-refractivity contribution in [3.8, 4) is 17.0 Å². The van der Waals surface area contributed by atoms with Crippen LogP contribution in [0.4, 0.5) is 9.52 Å². The number of carbonyl (C=O) groups is 2. The molecule has 1 unspecified atom stereocenters. The molecule has 2 N–H and O–H groups in total. The molecule has 0 aliphatic heterocycles. The average molecular weight is 494 g/mol. The van der Waals surface area contributed by atoms with Crippen molar-refractivity contribution in [3.05, 3.63) is 64.2 Å². The topological polar surface area (TPSA) is 80.3 Å². The molecular weight excluding hydrogens is 473 g/mol. The Morgan fingerprint density at radius 2 is 2.06 bits per heavy atom. The van der Waals surface area contributed by atoms with E-state index in [2.05, 4.69) is 15.6 Å². The van der Waals surface area contributed by atoms with E-state index >= 15 is 0 Å². The van der Waals surface area contributed by atoms with Crippen LogP contribution in [0.15, 0.2) is 47.8 Å². The SMILES string of the molecule is COc1ccc(-c2csc(NC(=O)C(CCSC)NC(=O)c3ccccc3Cl)n2)cc1F. The molecule has 0 radical (unpaired) electrons. The van der Waals surface area contributed by atoms with E-state index in [1.807, 2.05) is 6.26 Å². The lowest BCUT2D eigenvalue weighted by molar-refractivity contribution is -0.118. The largest absolute Gasteiger partial charge is 0.494 e. The number of nitrogens with one attached hydrogen (secondary N) is 2. The van der Waals surface area contributed by atoms with Gasteiger partial charge in [0.05, 0.1) is 23.4 Å². The Kier molecular flexibility index (Phi) is 8.49. The lowest BCUT2D eigenvalue weighted by Gasteiger charge is -2.17. The summed E-state index contributed by atoms with van der Waals surface area (Å²) in [5, 5.41) is 7.87. The van der Waals surface area contributed by atoms with Gasteiger partial charge < -0.3 is 15.4 Å². The highest BCUT2D eigenvalue weighted by molar-refractivity contribution is 7.98. The highest BCUT2D eigenvalue weighted by atomic mass is 35.5. The fourth-order valence-electron chi connectivity index (χ4n) is 2.87. The van der Waals surface area contributed by atoms with Crippen LogP contribution in [0, 0.1) is 5.82 Å². The molecule has 10 heteroatoms. The van der Waals surface area contributed by atoms with E-state index in [4.69, 9.17) is 16.3 Å². The third-order valence-electron chi connectivity index (χ3n) is 4.53. The number of hydrogen-bond donors (Lipinski definition) is 2. The van der Waals surface area contributed by atoms with Crippen LogP contribution < -0.4 is 15.4 Å². The zero-order valence-corrected chi connectivity index (χ0v) is 19.7. The summed E-state index contributed by atoms with van der Waals surface area (Å²) in [6.07, 6.45) is 2.36. The zero-order valence-electron chi connectivity index (χ0n) is 17.4. The second-order valence-corrected chi connectivity index (χ2v) is 8.91. The quantitative estimate of drug-likeness (QED) is 0.433. The first kappa shape index (κ1) is 24.0. The third kappa shape index (κ3) is 5.99. The number of thioether (sulfide) groups is 1. The molecule has 0 fully saturated rings. The van der Waals surface area contributed by atoms with Gasteiger partial charge in [-0.3, -0.25) is 9.59 Å². The van der Waals surface area contributed by atoms with E-state index < -0.39 is 17.8 Å². The standard InChI is InChI=1S/C22H21ClFN3O3S2/c1-30-19-8-7-13(11-16(19)24)18-12-32-22(26-18)27-21(29)17(9-10-31-2)25-20(28)14-5-3-4-6-15(14)23/h3-8,11-12,17H,9-10H2,1-2H3,(H,25,28)(H,26,27,29). The van der Waals surface area contributed by atoms with Crippen LogP contribution in [0.25, 0.3) is 11.3 Å². The highest BCUT2D eigenvalue weighted by Crippen LogP contribution is 2.28. The van der Waals surface area contributed by atoms with Crippen LogP contribution in [0.2, 0.25) is 5.02 Å². The first-order valence-electron chi connectivity index (χ1n) is 9.57. The van der Waals surface area contributed by atoms with Gasteiger partial charge in [-0.25, -0.2) is 9.37 Å². The number of rotatable bonds is 9. The van der Waals surface area contributed by atoms with Crippen LogP contribution in [0.1, 0.15) is 16.8 Å². The molecule has 2 aromatic carbocycles. The van der Waals surface area contributed by atoms with Crippen molar-refractivity contribution in [2.45, 2.75) is 12.5 Å². The van der Waals surface area contributed by atoms with Gasteiger partial charge in [-0.15, -0.1) is 11.3 Å². The summed E-state index contributed by atoms with van der Waals surface area (Å²) in [6.45, 7) is 0. The highest BCUT2D eigenvalue weighted by Gasteiger charge is 2.23. The van der Waals surface area contributed by atoms with E-state index in [-0.39, 0.29) is 11.7 Å². The van der Waals surface area contributed by atoms with E-state index in [1.165, 1.54) is 30.6 Å². The Bertz CT molecular complexity index is 1110. The number of ether oxygens (including phenoxy) is 1. The van der Waals surface area contributed by atoms with Crippen molar-refractivity contribution in [1.29, 1.82) is 0 Å². The molecule has 0 spiro atoms. The van der Waals surface area contributed by atoms with Crippen molar-refractivity contribution in [2.75, 3.05) is 24.4 Å². The van der Waals surface area contributed by atoms with Gasteiger partial charge in [0.1, 0.15) is 6.04 Å². The Morgan fingerprint density at radius 1 is 1.28 bits per heavy atom. The zero-order chi connectivity index (χ0) is 23.1. The summed E-state index contributed by atoms with van der Waals surface area (Å²) >= 11 is 8.88. The van der Waals surface area contributed by atoms with Gasteiger partial charge in [0.25, 0.3) is 5.91 Å². The van der Waals surface area contributed by atoms with Crippen molar-refractivity contribution >= 4 is 51.6 Å². The molecule has 6 nitrogen and oxygen atoms in total. The maximum Gasteiger partial charge on any atom is 0.253 e. The van der Waals surface area contributed by atoms with Crippen molar-refractivity contribution in [2.24, 2.45) is 0 Å². The fraction of sp³-hybridized carbons (Fsp3) is 0.227. The molecule has 0 saturated heterocycles. The van der Waals surface area contributed by atoms with Gasteiger partial charge in [-0.2, -0.15) is 11.8 Å². The molecule has 0 saturated carbocycles. The van der Waals surface area contributed by atoms with Crippen molar-refractivity contribution in [1.82, 2.24) is 10.3 Å². The minimum absolute atomic E-state index is 0.142. The lowest BCUT2D eigenvalue weighted by atomic mass is 10.1. The van der Waals surface area contributed by atoms with Gasteiger partial charge in [-0.1, -0.05) is 23.7 Å². The molecule has 1 atom stereocenters. The first-order chi connectivity index (χ1) is 15.4. The molecule has 0 aliphatic carbocycles. The van der Waals surface area contributed by atoms with Crippen molar-refractivity contribution in [3.63, 3.8) is 0 Å². The summed E-state index contributed by atoms with van der Waals surface area (Å²) < 4.78 is 18.9. The predicted octanol–water partition coefficient (Wildman–Crippen LogP) is 5.10. The molecule has 0 bridgehead atoms. The average Bonchev–Trinajstić information content (AvgIpc) is 3.25. The van der Waals surface area contributed by atoms with E-state index in [9.17, 15) is 14.0 Å². The van der Waals surface area contributed by atoms with Gasteiger partial charge in [0, 0.05) is 10.9 Å². The van der Waals surface area contributed by atoms with Crippen LogP contribution in [0.3, 0.4) is 0 Å². The number of benzene rings is 2. The van der Waals surface area contributed by atoms with Crippen LogP contribution in [-0.4, -0.2) is 42.0 Å². The van der Waals surface area contributed by atoms with E-state index in [0.717, 1.165) is 0 Å². The van der Waals surface area contributed by atoms with E-state index in [1.54, 1.807) is 47.5 Å². The number of nitrogens with zero attached hydrogens (tertiary/aromatic N) is 1. The number of hydrogen-bond acceptors (Lipinski definition) is 6. The molecule has 32 heavy (non-hydrogen) atoms. The maximum absolute atomic E-state index is 14.0. The number of amides is 2. The van der Waals surface area contributed by atoms with E-state index in [0.29, 0.717) is 39.1 Å². The number of methoxy groups -OCH3 is 1. The van der Waals surface area contributed by atoms with Crippen LogP contribution >= 0.6 is 34.7 Å². The lowest BCUT2D eigenvalue weighted by Crippen LogP contribution is -2.44. The van der Waals surface area contributed by atoms with Crippen molar-refractivity contribution < 1.29 is 18.7 Å². The maximum atomic E-state index is 14.0. The Labute approximate surface area is 198 Å². The van der Waals surface area contributed by atoms with Gasteiger partial charge in [0.2, 0.25) is 5.91 Å². The molecular formula is C22H21ClFN3O3S2. The Balaban J connectivity index is 1.72. The smallest absolute Gasteiger partial charge is 0.253 e. The minimum Gasteiger partial charge on any atom is -0.494 e. The molecule has 3 aromatic rings. The number of carbonyl (C=O) groups excluding carboxylic acids is 2. The Hall–Kier alpha value is -2.62. The molecule has 1 aromatic heterocycles. The number of thiazole rings is 1. The summed E-state index contributed by atoms with van der Waals surface area (Å²) in [4.78, 5) is 29.9. The predicted molar refractivity (Wildman–Crippen MR) is 128 cm³/mol. The summed E-state index contributed by atoms with van der Waals surface area (Å²) in [6, 6.07) is 10.4. The second kappa shape index (κ2) is 11.3. The number of anilines is 1. The number of aromatic nitrogens is 1. The van der Waals surface area contributed by atoms with Crippen LogP contribution in [0.5, 0.6) is 5.75 Å². The molecule has 0 aliphatic rings. The second-order valence-electron chi connectivity index (χ2n) is 6.66. The molecule has 2 amide bonds. The minimum atomic E-state index is -0.767. The molecule has 3 rings (SSSR count).